The molecule has 1 unspecified atom stereocenters. The first kappa shape index (κ1) is 13.7. The van der Waals surface area contributed by atoms with Crippen molar-refractivity contribution in [1.29, 1.82) is 0 Å². The molecule has 1 amide bonds. The van der Waals surface area contributed by atoms with Gasteiger partial charge in [0.05, 0.1) is 6.04 Å². The van der Waals surface area contributed by atoms with Gasteiger partial charge in [0, 0.05) is 39.0 Å². The third-order valence-electron chi connectivity index (χ3n) is 2.66. The van der Waals surface area contributed by atoms with Gasteiger partial charge in [-0.05, 0) is 13.3 Å². The molecular formula is C12H22N4O. The maximum Gasteiger partial charge on any atom is 0.236 e. The predicted octanol–water partition coefficient (Wildman–Crippen LogP) is 0.467. The van der Waals surface area contributed by atoms with Gasteiger partial charge in [0.15, 0.2) is 0 Å². The maximum atomic E-state index is 11.6. The first-order valence-electron chi connectivity index (χ1n) is 6.12. The Labute approximate surface area is 103 Å². The average Bonchev–Trinajstić information content (AvgIpc) is 2.72. The van der Waals surface area contributed by atoms with Crippen LogP contribution in [0.25, 0.3) is 0 Å². The summed E-state index contributed by atoms with van der Waals surface area (Å²) in [6.07, 6.45) is 5.50. The standard InChI is InChI=1S/C12H22N4O/c1-4-6-15-12(17)10(2)13-7-5-11-14-8-9-16(11)3/h8-10,13H,4-7H2,1-3H3,(H,15,17). The normalized spacial score (nSPS) is 12.4. The molecule has 0 spiro atoms. The van der Waals surface area contributed by atoms with Crippen LogP contribution in [0.15, 0.2) is 12.4 Å². The fourth-order valence-electron chi connectivity index (χ4n) is 1.53. The Bertz CT molecular complexity index is 348. The number of rotatable bonds is 7. The lowest BCUT2D eigenvalue weighted by Gasteiger charge is -2.13. The summed E-state index contributed by atoms with van der Waals surface area (Å²) in [6.45, 7) is 5.42. The van der Waals surface area contributed by atoms with E-state index in [0.717, 1.165) is 31.8 Å². The van der Waals surface area contributed by atoms with Gasteiger partial charge in [-0.3, -0.25) is 4.79 Å². The molecule has 0 saturated carbocycles. The molecule has 0 aliphatic rings. The molecule has 0 aliphatic heterocycles. The first-order chi connectivity index (χ1) is 8.15. The van der Waals surface area contributed by atoms with E-state index in [1.165, 1.54) is 0 Å². The molecule has 0 bridgehead atoms. The molecule has 96 valence electrons. The van der Waals surface area contributed by atoms with Gasteiger partial charge < -0.3 is 15.2 Å². The van der Waals surface area contributed by atoms with E-state index in [0.29, 0.717) is 0 Å². The zero-order chi connectivity index (χ0) is 12.7. The number of amides is 1. The molecule has 5 heteroatoms. The van der Waals surface area contributed by atoms with E-state index < -0.39 is 0 Å². The Morgan fingerprint density at radius 3 is 2.88 bits per heavy atom. The number of hydrogen-bond donors (Lipinski definition) is 2. The van der Waals surface area contributed by atoms with Crippen molar-refractivity contribution in [3.05, 3.63) is 18.2 Å². The maximum absolute atomic E-state index is 11.6. The minimum absolute atomic E-state index is 0.0618. The SMILES string of the molecule is CCCNC(=O)C(C)NCCc1nccn1C. The molecule has 0 aromatic carbocycles. The van der Waals surface area contributed by atoms with Crippen molar-refractivity contribution in [2.75, 3.05) is 13.1 Å². The van der Waals surface area contributed by atoms with E-state index in [-0.39, 0.29) is 11.9 Å². The molecule has 0 aliphatic carbocycles. The van der Waals surface area contributed by atoms with Gasteiger partial charge in [0.2, 0.25) is 5.91 Å². The summed E-state index contributed by atoms with van der Waals surface area (Å²) in [5.41, 5.74) is 0. The molecule has 0 saturated heterocycles. The monoisotopic (exact) mass is 238 g/mol. The lowest BCUT2D eigenvalue weighted by atomic mass is 10.3. The molecule has 5 nitrogen and oxygen atoms in total. The van der Waals surface area contributed by atoms with Crippen molar-refractivity contribution in [3.63, 3.8) is 0 Å². The summed E-state index contributed by atoms with van der Waals surface area (Å²) in [4.78, 5) is 15.8. The van der Waals surface area contributed by atoms with Crippen molar-refractivity contribution in [2.24, 2.45) is 7.05 Å². The topological polar surface area (TPSA) is 59.0 Å². The van der Waals surface area contributed by atoms with Crippen molar-refractivity contribution in [2.45, 2.75) is 32.7 Å². The molecule has 1 atom stereocenters. The minimum atomic E-state index is -0.151. The number of aryl methyl sites for hydroxylation is 1. The molecule has 17 heavy (non-hydrogen) atoms. The van der Waals surface area contributed by atoms with E-state index in [2.05, 4.69) is 15.6 Å². The number of carbonyl (C=O) groups is 1. The summed E-state index contributed by atoms with van der Waals surface area (Å²) in [6, 6.07) is -0.151. The zero-order valence-electron chi connectivity index (χ0n) is 10.9. The van der Waals surface area contributed by atoms with Crippen LogP contribution in [0.5, 0.6) is 0 Å². The van der Waals surface area contributed by atoms with E-state index in [9.17, 15) is 4.79 Å². The van der Waals surface area contributed by atoms with Crippen LogP contribution in [0.4, 0.5) is 0 Å². The minimum Gasteiger partial charge on any atom is -0.355 e. The van der Waals surface area contributed by atoms with E-state index >= 15 is 0 Å². The van der Waals surface area contributed by atoms with E-state index in [1.54, 1.807) is 6.20 Å². The van der Waals surface area contributed by atoms with Crippen LogP contribution < -0.4 is 10.6 Å². The fourth-order valence-corrected chi connectivity index (χ4v) is 1.53. The van der Waals surface area contributed by atoms with E-state index in [4.69, 9.17) is 0 Å². The van der Waals surface area contributed by atoms with E-state index in [1.807, 2.05) is 31.7 Å². The smallest absolute Gasteiger partial charge is 0.236 e. The Kier molecular flexibility index (Phi) is 5.69. The quantitative estimate of drug-likeness (QED) is 0.726. The molecule has 1 heterocycles. The predicted molar refractivity (Wildman–Crippen MR) is 67.7 cm³/mol. The second kappa shape index (κ2) is 7.06. The number of carbonyl (C=O) groups excluding carboxylic acids is 1. The summed E-state index contributed by atoms with van der Waals surface area (Å²) in [5.74, 6) is 1.09. The van der Waals surface area contributed by atoms with Crippen molar-refractivity contribution < 1.29 is 4.79 Å². The molecule has 0 fully saturated rings. The van der Waals surface area contributed by atoms with Gasteiger partial charge in [-0.25, -0.2) is 4.98 Å². The van der Waals surface area contributed by atoms with Crippen LogP contribution >= 0.6 is 0 Å². The molecule has 1 aromatic heterocycles. The van der Waals surface area contributed by atoms with Crippen LogP contribution in [0, 0.1) is 0 Å². The highest BCUT2D eigenvalue weighted by Crippen LogP contribution is 1.94. The van der Waals surface area contributed by atoms with Crippen molar-refractivity contribution in [1.82, 2.24) is 20.2 Å². The summed E-state index contributed by atoms with van der Waals surface area (Å²) in [7, 11) is 1.97. The van der Waals surface area contributed by atoms with Crippen molar-refractivity contribution >= 4 is 5.91 Å². The lowest BCUT2D eigenvalue weighted by molar-refractivity contribution is -0.122. The summed E-state index contributed by atoms with van der Waals surface area (Å²) in [5, 5.41) is 6.06. The van der Waals surface area contributed by atoms with Crippen LogP contribution in [0.2, 0.25) is 0 Å². The molecule has 1 rings (SSSR count). The Morgan fingerprint density at radius 2 is 2.29 bits per heavy atom. The Hall–Kier alpha value is -1.36. The van der Waals surface area contributed by atoms with Crippen molar-refractivity contribution in [3.8, 4) is 0 Å². The highest BCUT2D eigenvalue weighted by Gasteiger charge is 2.10. The Morgan fingerprint density at radius 1 is 1.53 bits per heavy atom. The fraction of sp³-hybridized carbons (Fsp3) is 0.667. The van der Waals surface area contributed by atoms with Gasteiger partial charge >= 0.3 is 0 Å². The third kappa shape index (κ3) is 4.56. The van der Waals surface area contributed by atoms with Gasteiger partial charge in [-0.15, -0.1) is 0 Å². The lowest BCUT2D eigenvalue weighted by Crippen LogP contribution is -2.43. The molecule has 0 radical (unpaired) electrons. The van der Waals surface area contributed by atoms with Gasteiger partial charge in [0.1, 0.15) is 5.82 Å². The third-order valence-corrected chi connectivity index (χ3v) is 2.66. The Balaban J connectivity index is 2.22. The average molecular weight is 238 g/mol. The van der Waals surface area contributed by atoms with Crippen LogP contribution in [0.3, 0.4) is 0 Å². The van der Waals surface area contributed by atoms with Crippen LogP contribution in [-0.4, -0.2) is 34.6 Å². The van der Waals surface area contributed by atoms with Gasteiger partial charge in [-0.1, -0.05) is 6.92 Å². The van der Waals surface area contributed by atoms with Gasteiger partial charge in [0.25, 0.3) is 0 Å². The zero-order valence-corrected chi connectivity index (χ0v) is 10.9. The number of imidazole rings is 1. The first-order valence-corrected chi connectivity index (χ1v) is 6.12. The number of nitrogens with zero attached hydrogens (tertiary/aromatic N) is 2. The largest absolute Gasteiger partial charge is 0.355 e. The molecular weight excluding hydrogens is 216 g/mol. The number of aromatic nitrogens is 2. The highest BCUT2D eigenvalue weighted by molar-refractivity contribution is 5.81. The molecule has 1 aromatic rings. The second-order valence-electron chi connectivity index (χ2n) is 4.17. The molecule has 2 N–H and O–H groups in total. The number of hydrogen-bond acceptors (Lipinski definition) is 3. The summed E-state index contributed by atoms with van der Waals surface area (Å²) < 4.78 is 1.99. The number of nitrogens with one attached hydrogen (secondary N) is 2. The van der Waals surface area contributed by atoms with Crippen LogP contribution in [-0.2, 0) is 18.3 Å². The second-order valence-corrected chi connectivity index (χ2v) is 4.17. The summed E-state index contributed by atoms with van der Waals surface area (Å²) >= 11 is 0. The highest BCUT2D eigenvalue weighted by atomic mass is 16.2. The van der Waals surface area contributed by atoms with Gasteiger partial charge in [-0.2, -0.15) is 0 Å². The van der Waals surface area contributed by atoms with Crippen LogP contribution in [0.1, 0.15) is 26.1 Å².